The number of nitrogens with zero attached hydrogens (tertiary/aromatic N) is 2. The van der Waals surface area contributed by atoms with Gasteiger partial charge in [-0.05, 0) is 65.4 Å². The van der Waals surface area contributed by atoms with E-state index in [-0.39, 0.29) is 11.0 Å². The topological polar surface area (TPSA) is 16.8 Å². The molecule has 154 valence electrons. The summed E-state index contributed by atoms with van der Waals surface area (Å²) in [7, 11) is 0. The number of rotatable bonds is 3. The van der Waals surface area contributed by atoms with E-state index in [4.69, 9.17) is 4.98 Å². The highest BCUT2D eigenvalue weighted by Crippen LogP contribution is 2.52. The van der Waals surface area contributed by atoms with Crippen molar-refractivity contribution < 1.29 is 4.57 Å². The van der Waals surface area contributed by atoms with Gasteiger partial charge in [-0.25, -0.2) is 4.57 Å². The molecule has 30 heavy (non-hydrogen) atoms. The zero-order valence-electron chi connectivity index (χ0n) is 18.7. The average molecular weight is 434 g/mol. The van der Waals surface area contributed by atoms with Crippen LogP contribution >= 0.6 is 22.7 Å². The first-order valence-corrected chi connectivity index (χ1v) is 12.4. The summed E-state index contributed by atoms with van der Waals surface area (Å²) in [6.07, 6.45) is 5.27. The third-order valence-electron chi connectivity index (χ3n) is 7.14. The Bertz CT molecular complexity index is 1320. The highest BCUT2D eigenvalue weighted by molar-refractivity contribution is 7.26. The van der Waals surface area contributed by atoms with Crippen LogP contribution in [0.5, 0.6) is 0 Å². The van der Waals surface area contributed by atoms with Gasteiger partial charge in [-0.1, -0.05) is 46.4 Å². The van der Waals surface area contributed by atoms with Crippen LogP contribution in [0.15, 0.2) is 42.6 Å². The molecule has 0 fully saturated rings. The molecule has 0 radical (unpaired) electrons. The van der Waals surface area contributed by atoms with Gasteiger partial charge in [0.25, 0.3) is 6.33 Å². The molecule has 4 heteroatoms. The molecule has 1 aromatic carbocycles. The molecule has 0 aliphatic carbocycles. The number of hydrogen-bond donors (Lipinski definition) is 0. The second kappa shape index (κ2) is 6.48. The minimum absolute atomic E-state index is 0.0688. The molecule has 4 aromatic rings. The van der Waals surface area contributed by atoms with Crippen LogP contribution in [-0.4, -0.2) is 4.98 Å². The van der Waals surface area contributed by atoms with Crippen molar-refractivity contribution in [3.63, 3.8) is 0 Å². The van der Waals surface area contributed by atoms with Crippen molar-refractivity contribution in [2.45, 2.75) is 58.9 Å². The van der Waals surface area contributed by atoms with E-state index in [0.29, 0.717) is 5.92 Å². The van der Waals surface area contributed by atoms with Crippen LogP contribution in [0.25, 0.3) is 30.9 Å². The quantitative estimate of drug-likeness (QED) is 0.247. The Balaban J connectivity index is 1.93. The van der Waals surface area contributed by atoms with Gasteiger partial charge in [0.2, 0.25) is 5.52 Å². The number of fused-ring (bicyclic) bond motifs is 7. The summed E-state index contributed by atoms with van der Waals surface area (Å²) in [6, 6.07) is 6.72. The molecule has 0 N–H and O–H groups in total. The van der Waals surface area contributed by atoms with E-state index in [9.17, 15) is 0 Å². The van der Waals surface area contributed by atoms with Gasteiger partial charge in [0, 0.05) is 15.5 Å². The first kappa shape index (κ1) is 19.9. The molecule has 3 aromatic heterocycles. The van der Waals surface area contributed by atoms with Crippen molar-refractivity contribution in [2.24, 2.45) is 5.92 Å². The molecule has 0 spiro atoms. The Hall–Kier alpha value is -2.04. The minimum atomic E-state index is -0.251. The number of hydrogen-bond acceptors (Lipinski definition) is 3. The van der Waals surface area contributed by atoms with Crippen LogP contribution in [-0.2, 0) is 17.4 Å². The molecule has 1 unspecified atom stereocenters. The van der Waals surface area contributed by atoms with Crippen molar-refractivity contribution >= 4 is 43.0 Å². The summed E-state index contributed by atoms with van der Waals surface area (Å²) in [5, 5.41) is 3.60. The van der Waals surface area contributed by atoms with Gasteiger partial charge < -0.3 is 0 Å². The van der Waals surface area contributed by atoms with E-state index in [2.05, 4.69) is 88.7 Å². The van der Waals surface area contributed by atoms with Crippen LogP contribution in [0.2, 0.25) is 0 Å². The van der Waals surface area contributed by atoms with Crippen molar-refractivity contribution in [3.8, 4) is 10.6 Å². The van der Waals surface area contributed by atoms with Crippen molar-refractivity contribution in [1.82, 2.24) is 4.98 Å². The minimum Gasteiger partial charge on any atom is -0.218 e. The molecule has 4 heterocycles. The summed E-state index contributed by atoms with van der Waals surface area (Å²) in [5.41, 5.74) is 6.41. The normalized spacial score (nSPS) is 20.0. The fourth-order valence-electron chi connectivity index (χ4n) is 5.20. The molecule has 0 saturated carbocycles. The van der Waals surface area contributed by atoms with Gasteiger partial charge in [-0.15, -0.1) is 22.7 Å². The van der Waals surface area contributed by atoms with E-state index in [1.807, 2.05) is 22.7 Å². The number of allylic oxidation sites excluding steroid dienone is 1. The van der Waals surface area contributed by atoms with Gasteiger partial charge in [0.1, 0.15) is 10.2 Å². The monoisotopic (exact) mass is 433 g/mol. The largest absolute Gasteiger partial charge is 0.288 e. The first-order valence-electron chi connectivity index (χ1n) is 10.7. The zero-order valence-corrected chi connectivity index (χ0v) is 20.3. The van der Waals surface area contributed by atoms with Crippen LogP contribution < -0.4 is 4.57 Å². The third kappa shape index (κ3) is 2.41. The van der Waals surface area contributed by atoms with Crippen LogP contribution in [0.3, 0.4) is 0 Å². The Morgan fingerprint density at radius 2 is 1.97 bits per heavy atom. The highest BCUT2D eigenvalue weighted by atomic mass is 32.1. The molecule has 0 bridgehead atoms. The van der Waals surface area contributed by atoms with Gasteiger partial charge in [-0.3, -0.25) is 0 Å². The lowest BCUT2D eigenvalue weighted by atomic mass is 9.65. The van der Waals surface area contributed by atoms with Crippen molar-refractivity contribution in [3.05, 3.63) is 59.3 Å². The van der Waals surface area contributed by atoms with Crippen molar-refractivity contribution in [2.75, 3.05) is 0 Å². The summed E-state index contributed by atoms with van der Waals surface area (Å²) in [4.78, 5) is 6.41. The van der Waals surface area contributed by atoms with Gasteiger partial charge >= 0.3 is 0 Å². The molecule has 5 rings (SSSR count). The summed E-state index contributed by atoms with van der Waals surface area (Å²) in [5.74, 6) is 0.633. The predicted molar refractivity (Wildman–Crippen MR) is 131 cm³/mol. The van der Waals surface area contributed by atoms with Crippen LogP contribution in [0.1, 0.15) is 51.3 Å². The molecule has 1 aliphatic heterocycles. The Labute approximate surface area is 186 Å². The van der Waals surface area contributed by atoms with Gasteiger partial charge in [0.05, 0.1) is 4.88 Å². The lowest BCUT2D eigenvalue weighted by Gasteiger charge is -2.44. The summed E-state index contributed by atoms with van der Waals surface area (Å²) < 4.78 is 5.08. The maximum Gasteiger partial charge on any atom is 0.288 e. The van der Waals surface area contributed by atoms with Crippen molar-refractivity contribution in [1.29, 1.82) is 0 Å². The number of aryl methyl sites for hydroxylation is 1. The fraction of sp³-hybridized carbons (Fsp3) is 0.385. The predicted octanol–water partition coefficient (Wildman–Crippen LogP) is 7.16. The summed E-state index contributed by atoms with van der Waals surface area (Å²) >= 11 is 3.79. The molecule has 0 amide bonds. The fourth-order valence-corrected chi connectivity index (χ4v) is 7.84. The van der Waals surface area contributed by atoms with E-state index in [1.54, 1.807) is 0 Å². The number of benzene rings is 1. The van der Waals surface area contributed by atoms with E-state index in [0.717, 1.165) is 11.9 Å². The maximum absolute atomic E-state index is 5.02. The standard InChI is InChI=1S/C26H29N2S2/c1-8-26(7)25(5,6)19-16(4)13-29-23(19)21-24-20(27-14-28(21)26)18-11-9-10-17(12-15(2)3)22(18)30-24/h8-11,13-15H,1,12H2,2-7H3/q+1. The maximum atomic E-state index is 5.02. The molecule has 0 saturated heterocycles. The van der Waals surface area contributed by atoms with Gasteiger partial charge in [0.15, 0.2) is 5.69 Å². The number of thiophene rings is 2. The SMILES string of the molecule is C=CC1(C)[n+]2cnc3c(sc4c(CC(C)C)cccc43)c2-c2scc(C)c2C1(C)C. The van der Waals surface area contributed by atoms with E-state index >= 15 is 0 Å². The third-order valence-corrected chi connectivity index (χ3v) is 9.52. The average Bonchev–Trinajstić information content (AvgIpc) is 3.27. The summed E-state index contributed by atoms with van der Waals surface area (Å²) in [6.45, 7) is 18.1. The molecule has 2 nitrogen and oxygen atoms in total. The molecular formula is C26H29N2S2+. The van der Waals surface area contributed by atoms with Crippen LogP contribution in [0, 0.1) is 12.8 Å². The first-order chi connectivity index (χ1) is 14.2. The Morgan fingerprint density at radius 1 is 1.20 bits per heavy atom. The van der Waals surface area contributed by atoms with E-state index < -0.39 is 0 Å². The van der Waals surface area contributed by atoms with E-state index in [1.165, 1.54) is 42.0 Å². The van der Waals surface area contributed by atoms with Gasteiger partial charge in [-0.2, -0.15) is 0 Å². The lowest BCUT2D eigenvalue weighted by molar-refractivity contribution is -0.752. The second-order valence-electron chi connectivity index (χ2n) is 9.73. The molecular weight excluding hydrogens is 404 g/mol. The molecule has 1 atom stereocenters. The Morgan fingerprint density at radius 3 is 2.67 bits per heavy atom. The number of aromatic nitrogens is 2. The Kier molecular flexibility index (Phi) is 4.30. The smallest absolute Gasteiger partial charge is 0.218 e. The zero-order chi connectivity index (χ0) is 21.4. The van der Waals surface area contributed by atoms with Crippen LogP contribution in [0.4, 0.5) is 0 Å². The second-order valence-corrected chi connectivity index (χ2v) is 11.6. The highest BCUT2D eigenvalue weighted by Gasteiger charge is 2.53. The molecule has 1 aliphatic rings. The lowest BCUT2D eigenvalue weighted by Crippen LogP contribution is -2.66.